The number of methoxy groups -OCH3 is 2. The number of benzene rings is 2. The zero-order valence-corrected chi connectivity index (χ0v) is 14.5. The molecule has 0 unspecified atom stereocenters. The summed E-state index contributed by atoms with van der Waals surface area (Å²) < 4.78 is 13.3. The summed E-state index contributed by atoms with van der Waals surface area (Å²) in [5, 5.41) is 2.52. The molecule has 0 N–H and O–H groups in total. The molecule has 0 amide bonds. The van der Waals surface area contributed by atoms with E-state index in [1.165, 1.54) is 27.4 Å². The highest BCUT2D eigenvalue weighted by molar-refractivity contribution is 6.10. The van der Waals surface area contributed by atoms with Crippen LogP contribution < -0.4 is 9.47 Å². The van der Waals surface area contributed by atoms with Crippen molar-refractivity contribution in [2.24, 2.45) is 0 Å². The first-order chi connectivity index (χ1) is 11.1. The molecular formula is C19H24N2O2. The molecule has 2 aromatic carbocycles. The Morgan fingerprint density at radius 3 is 2.39 bits per heavy atom. The number of hydrogen-bond donors (Lipinski definition) is 0. The Labute approximate surface area is 137 Å². The van der Waals surface area contributed by atoms with E-state index >= 15 is 0 Å². The lowest BCUT2D eigenvalue weighted by atomic mass is 10.1. The van der Waals surface area contributed by atoms with Gasteiger partial charge in [0.15, 0.2) is 0 Å². The molecule has 3 rings (SSSR count). The summed E-state index contributed by atoms with van der Waals surface area (Å²) in [6, 6.07) is 10.5. The van der Waals surface area contributed by atoms with Gasteiger partial charge in [-0.15, -0.1) is 0 Å². The fourth-order valence-corrected chi connectivity index (χ4v) is 3.21. The van der Waals surface area contributed by atoms with Gasteiger partial charge in [0.2, 0.25) is 0 Å². The lowest BCUT2D eigenvalue weighted by Crippen LogP contribution is -2.18. The van der Waals surface area contributed by atoms with Crippen molar-refractivity contribution in [2.45, 2.75) is 13.5 Å². The van der Waals surface area contributed by atoms with Gasteiger partial charge in [0, 0.05) is 35.5 Å². The van der Waals surface area contributed by atoms with Crippen LogP contribution in [-0.2, 0) is 6.54 Å². The van der Waals surface area contributed by atoms with Crippen molar-refractivity contribution in [1.29, 1.82) is 0 Å². The molecule has 0 atom stereocenters. The Kier molecular flexibility index (Phi) is 4.18. The smallest absolute Gasteiger partial charge is 0.123 e. The number of likely N-dealkylation sites (N-methyl/N-ethyl adjacent to an activating group) is 1. The second kappa shape index (κ2) is 6.13. The highest BCUT2D eigenvalue weighted by Gasteiger charge is 2.15. The second-order valence-electron chi connectivity index (χ2n) is 6.13. The van der Waals surface area contributed by atoms with E-state index in [2.05, 4.69) is 54.8 Å². The van der Waals surface area contributed by atoms with Crippen molar-refractivity contribution in [3.05, 3.63) is 35.9 Å². The standard InChI is InChI=1S/C19H24N2O2/c1-13-18(23-5)9-8-16-15-7-6-14(22-4)12-17(15)21(19(13)16)11-10-20(2)3/h6-9,12H,10-11H2,1-5H3. The molecule has 0 aliphatic heterocycles. The van der Waals surface area contributed by atoms with Crippen molar-refractivity contribution in [3.63, 3.8) is 0 Å². The summed E-state index contributed by atoms with van der Waals surface area (Å²) >= 11 is 0. The van der Waals surface area contributed by atoms with Crippen LogP contribution in [0.2, 0.25) is 0 Å². The maximum atomic E-state index is 5.53. The molecule has 0 spiro atoms. The third-order valence-electron chi connectivity index (χ3n) is 4.43. The van der Waals surface area contributed by atoms with Crippen molar-refractivity contribution < 1.29 is 9.47 Å². The largest absolute Gasteiger partial charge is 0.497 e. The predicted octanol–water partition coefficient (Wildman–Crippen LogP) is 3.68. The summed E-state index contributed by atoms with van der Waals surface area (Å²) in [6.45, 7) is 4.03. The van der Waals surface area contributed by atoms with Crippen molar-refractivity contribution in [2.75, 3.05) is 34.9 Å². The Balaban J connectivity index is 2.34. The number of ether oxygens (including phenoxy) is 2. The first-order valence-corrected chi connectivity index (χ1v) is 7.85. The molecule has 0 bridgehead atoms. The monoisotopic (exact) mass is 312 g/mol. The van der Waals surface area contributed by atoms with E-state index in [9.17, 15) is 0 Å². The van der Waals surface area contributed by atoms with Crippen molar-refractivity contribution in [1.82, 2.24) is 9.47 Å². The Morgan fingerprint density at radius 1 is 1.00 bits per heavy atom. The molecule has 0 aliphatic carbocycles. The van der Waals surface area contributed by atoms with Gasteiger partial charge in [-0.05, 0) is 45.3 Å². The third-order valence-corrected chi connectivity index (χ3v) is 4.43. The van der Waals surface area contributed by atoms with Crippen LogP contribution in [-0.4, -0.2) is 44.3 Å². The lowest BCUT2D eigenvalue weighted by Gasteiger charge is -2.14. The zero-order chi connectivity index (χ0) is 16.6. The van der Waals surface area contributed by atoms with Gasteiger partial charge in [-0.3, -0.25) is 0 Å². The molecule has 3 aromatic rings. The number of nitrogens with zero attached hydrogens (tertiary/aromatic N) is 2. The second-order valence-corrected chi connectivity index (χ2v) is 6.13. The average Bonchev–Trinajstić information content (AvgIpc) is 2.87. The number of hydrogen-bond acceptors (Lipinski definition) is 3. The van der Waals surface area contributed by atoms with Gasteiger partial charge < -0.3 is 18.9 Å². The minimum atomic E-state index is 0.885. The predicted molar refractivity (Wildman–Crippen MR) is 95.8 cm³/mol. The van der Waals surface area contributed by atoms with Gasteiger partial charge in [-0.25, -0.2) is 0 Å². The summed E-state index contributed by atoms with van der Waals surface area (Å²) in [7, 11) is 7.63. The summed E-state index contributed by atoms with van der Waals surface area (Å²) in [6.07, 6.45) is 0. The minimum Gasteiger partial charge on any atom is -0.497 e. The van der Waals surface area contributed by atoms with E-state index in [4.69, 9.17) is 9.47 Å². The fraction of sp³-hybridized carbons (Fsp3) is 0.368. The molecule has 0 radical (unpaired) electrons. The van der Waals surface area contributed by atoms with Gasteiger partial charge in [-0.1, -0.05) is 0 Å². The molecule has 0 saturated carbocycles. The van der Waals surface area contributed by atoms with Crippen molar-refractivity contribution >= 4 is 21.8 Å². The van der Waals surface area contributed by atoms with Crippen LogP contribution in [0, 0.1) is 6.92 Å². The molecule has 4 nitrogen and oxygen atoms in total. The average molecular weight is 312 g/mol. The van der Waals surface area contributed by atoms with Gasteiger partial charge in [0.1, 0.15) is 11.5 Å². The minimum absolute atomic E-state index is 0.885. The molecule has 0 saturated heterocycles. The SMILES string of the molecule is COc1ccc2c3ccc(OC)c(C)c3n(CCN(C)C)c2c1. The normalized spacial score (nSPS) is 11.6. The number of aryl methyl sites for hydroxylation is 1. The van der Waals surface area contributed by atoms with Crippen molar-refractivity contribution in [3.8, 4) is 11.5 Å². The van der Waals surface area contributed by atoms with Crippen LogP contribution in [0.1, 0.15) is 5.56 Å². The quantitative estimate of drug-likeness (QED) is 0.719. The Morgan fingerprint density at radius 2 is 1.74 bits per heavy atom. The topological polar surface area (TPSA) is 26.6 Å². The highest BCUT2D eigenvalue weighted by Crippen LogP contribution is 2.36. The number of fused-ring (bicyclic) bond motifs is 3. The van der Waals surface area contributed by atoms with E-state index in [0.29, 0.717) is 0 Å². The number of aromatic nitrogens is 1. The van der Waals surface area contributed by atoms with Crippen LogP contribution in [0.3, 0.4) is 0 Å². The molecule has 4 heteroatoms. The lowest BCUT2D eigenvalue weighted by molar-refractivity contribution is 0.388. The van der Waals surface area contributed by atoms with Crippen LogP contribution in [0.25, 0.3) is 21.8 Å². The molecule has 122 valence electrons. The molecule has 0 aliphatic rings. The maximum Gasteiger partial charge on any atom is 0.123 e. The Hall–Kier alpha value is -2.20. The molecule has 1 aromatic heterocycles. The van der Waals surface area contributed by atoms with E-state index in [-0.39, 0.29) is 0 Å². The van der Waals surface area contributed by atoms with E-state index in [1.54, 1.807) is 14.2 Å². The van der Waals surface area contributed by atoms with Crippen LogP contribution >= 0.6 is 0 Å². The van der Waals surface area contributed by atoms with Crippen LogP contribution in [0.5, 0.6) is 11.5 Å². The fourth-order valence-electron chi connectivity index (χ4n) is 3.21. The first-order valence-electron chi connectivity index (χ1n) is 7.85. The zero-order valence-electron chi connectivity index (χ0n) is 14.5. The summed E-state index contributed by atoms with van der Waals surface area (Å²) in [4.78, 5) is 2.20. The maximum absolute atomic E-state index is 5.53. The number of rotatable bonds is 5. The Bertz CT molecular complexity index is 850. The van der Waals surface area contributed by atoms with E-state index in [0.717, 1.165) is 24.6 Å². The third kappa shape index (κ3) is 2.63. The van der Waals surface area contributed by atoms with Gasteiger partial charge in [0.05, 0.1) is 25.3 Å². The van der Waals surface area contributed by atoms with Crippen LogP contribution in [0.15, 0.2) is 30.3 Å². The highest BCUT2D eigenvalue weighted by atomic mass is 16.5. The molecule has 0 fully saturated rings. The van der Waals surface area contributed by atoms with Gasteiger partial charge in [-0.2, -0.15) is 0 Å². The molecular weight excluding hydrogens is 288 g/mol. The van der Waals surface area contributed by atoms with Gasteiger partial charge in [0.25, 0.3) is 0 Å². The first kappa shape index (κ1) is 15.7. The van der Waals surface area contributed by atoms with E-state index in [1.807, 2.05) is 6.07 Å². The van der Waals surface area contributed by atoms with E-state index < -0.39 is 0 Å². The van der Waals surface area contributed by atoms with Crippen LogP contribution in [0.4, 0.5) is 0 Å². The van der Waals surface area contributed by atoms with Gasteiger partial charge >= 0.3 is 0 Å². The molecule has 1 heterocycles. The summed E-state index contributed by atoms with van der Waals surface area (Å²) in [5.74, 6) is 1.81. The molecule has 23 heavy (non-hydrogen) atoms. The summed E-state index contributed by atoms with van der Waals surface area (Å²) in [5.41, 5.74) is 3.63.